The number of carbonyl (C=O) groups is 1. The SMILES string of the molecule is CC1(C)[C@@H]2Cc3c(C#N)cccc3[C@]1(C)CCN2C(=O)N1CCCCC1. The Morgan fingerprint density at radius 2 is 1.88 bits per heavy atom. The summed E-state index contributed by atoms with van der Waals surface area (Å²) >= 11 is 0. The van der Waals surface area contributed by atoms with Crippen LogP contribution < -0.4 is 0 Å². The Morgan fingerprint density at radius 3 is 2.58 bits per heavy atom. The standard InChI is InChI=1S/C22H29N3O/c1-21(2)19-14-17-16(15-23)8-7-9-18(17)22(21,3)10-13-25(19)20(26)24-11-5-4-6-12-24/h7-9,19H,4-6,10-14H2,1-3H3/t19-,22-/m0/s1. The lowest BCUT2D eigenvalue weighted by Crippen LogP contribution is -2.66. The third-order valence-corrected chi connectivity index (χ3v) is 7.64. The zero-order chi connectivity index (χ0) is 18.5. The van der Waals surface area contributed by atoms with Crippen LogP contribution in [0.1, 0.15) is 63.1 Å². The smallest absolute Gasteiger partial charge is 0.320 e. The number of piperidine rings is 2. The van der Waals surface area contributed by atoms with Gasteiger partial charge in [-0.05, 0) is 54.7 Å². The van der Waals surface area contributed by atoms with Crippen LogP contribution in [0.3, 0.4) is 0 Å². The third kappa shape index (κ3) is 2.29. The summed E-state index contributed by atoms with van der Waals surface area (Å²) in [6.07, 6.45) is 5.22. The molecule has 0 saturated carbocycles. The first-order valence-corrected chi connectivity index (χ1v) is 9.98. The van der Waals surface area contributed by atoms with Crippen LogP contribution in [0.5, 0.6) is 0 Å². The highest BCUT2D eigenvalue weighted by molar-refractivity contribution is 5.76. The van der Waals surface area contributed by atoms with Crippen molar-refractivity contribution in [3.63, 3.8) is 0 Å². The van der Waals surface area contributed by atoms with Crippen LogP contribution in [0.4, 0.5) is 4.79 Å². The summed E-state index contributed by atoms with van der Waals surface area (Å²) in [7, 11) is 0. The number of nitriles is 1. The van der Waals surface area contributed by atoms with E-state index in [2.05, 4.69) is 37.8 Å². The number of fused-ring (bicyclic) bond motifs is 4. The highest BCUT2D eigenvalue weighted by atomic mass is 16.2. The van der Waals surface area contributed by atoms with E-state index in [0.29, 0.717) is 0 Å². The highest BCUT2D eigenvalue weighted by Gasteiger charge is 2.57. The molecule has 3 aliphatic rings. The van der Waals surface area contributed by atoms with Crippen molar-refractivity contribution in [2.24, 2.45) is 5.41 Å². The molecular weight excluding hydrogens is 322 g/mol. The van der Waals surface area contributed by atoms with Crippen molar-refractivity contribution in [1.82, 2.24) is 9.80 Å². The quantitative estimate of drug-likeness (QED) is 0.707. The molecule has 4 heteroatoms. The number of urea groups is 1. The number of rotatable bonds is 0. The van der Waals surface area contributed by atoms with Crippen molar-refractivity contribution < 1.29 is 4.79 Å². The first-order valence-electron chi connectivity index (χ1n) is 9.98. The van der Waals surface area contributed by atoms with Crippen LogP contribution in [0.2, 0.25) is 0 Å². The van der Waals surface area contributed by atoms with Gasteiger partial charge < -0.3 is 9.80 Å². The lowest BCUT2D eigenvalue weighted by Gasteiger charge is -2.61. The topological polar surface area (TPSA) is 47.3 Å². The van der Waals surface area contributed by atoms with E-state index in [1.165, 1.54) is 12.0 Å². The van der Waals surface area contributed by atoms with Gasteiger partial charge in [-0.25, -0.2) is 4.79 Å². The molecule has 138 valence electrons. The maximum Gasteiger partial charge on any atom is 0.320 e. The predicted molar refractivity (Wildman–Crippen MR) is 102 cm³/mol. The highest BCUT2D eigenvalue weighted by Crippen LogP contribution is 2.56. The monoisotopic (exact) mass is 351 g/mol. The molecule has 0 N–H and O–H groups in total. The summed E-state index contributed by atoms with van der Waals surface area (Å²) in [5.41, 5.74) is 3.25. The lowest BCUT2D eigenvalue weighted by molar-refractivity contribution is -0.0242. The van der Waals surface area contributed by atoms with Crippen molar-refractivity contribution in [3.05, 3.63) is 34.9 Å². The second-order valence-electron chi connectivity index (χ2n) is 8.99. The van der Waals surface area contributed by atoms with Crippen LogP contribution in [0.25, 0.3) is 0 Å². The fourth-order valence-corrected chi connectivity index (χ4v) is 5.54. The minimum absolute atomic E-state index is 0.00319. The fraction of sp³-hybridized carbons (Fsp3) is 0.636. The molecule has 2 amide bonds. The predicted octanol–water partition coefficient (Wildman–Crippen LogP) is 4.08. The zero-order valence-corrected chi connectivity index (χ0v) is 16.2. The molecule has 1 aliphatic carbocycles. The Bertz CT molecular complexity index is 772. The van der Waals surface area contributed by atoms with E-state index in [1.807, 2.05) is 17.0 Å². The van der Waals surface area contributed by atoms with Crippen LogP contribution in [-0.4, -0.2) is 41.5 Å². The molecule has 2 aliphatic heterocycles. The molecule has 26 heavy (non-hydrogen) atoms. The van der Waals surface area contributed by atoms with Gasteiger partial charge in [-0.1, -0.05) is 32.9 Å². The van der Waals surface area contributed by atoms with Crippen molar-refractivity contribution in [3.8, 4) is 6.07 Å². The van der Waals surface area contributed by atoms with Gasteiger partial charge in [-0.2, -0.15) is 5.26 Å². The summed E-state index contributed by atoms with van der Waals surface area (Å²) in [6.45, 7) is 9.56. The van der Waals surface area contributed by atoms with E-state index in [-0.39, 0.29) is 22.9 Å². The van der Waals surface area contributed by atoms with Gasteiger partial charge in [0.25, 0.3) is 0 Å². The fourth-order valence-electron chi connectivity index (χ4n) is 5.54. The summed E-state index contributed by atoms with van der Waals surface area (Å²) in [4.78, 5) is 17.5. The minimum atomic E-state index is -0.0161. The van der Waals surface area contributed by atoms with E-state index < -0.39 is 0 Å². The largest absolute Gasteiger partial charge is 0.325 e. The van der Waals surface area contributed by atoms with Gasteiger partial charge in [-0.3, -0.25) is 0 Å². The Kier molecular flexibility index (Phi) is 4.02. The molecule has 0 radical (unpaired) electrons. The Labute approximate surface area is 156 Å². The van der Waals surface area contributed by atoms with Crippen LogP contribution in [-0.2, 0) is 11.8 Å². The Hall–Kier alpha value is -2.02. The molecule has 2 fully saturated rings. The van der Waals surface area contributed by atoms with E-state index in [1.54, 1.807) is 0 Å². The van der Waals surface area contributed by atoms with Gasteiger partial charge in [0.2, 0.25) is 0 Å². The number of amides is 2. The normalized spacial score (nSPS) is 29.7. The second kappa shape index (κ2) is 6.01. The average molecular weight is 351 g/mol. The number of nitrogens with zero attached hydrogens (tertiary/aromatic N) is 3. The molecule has 0 aromatic heterocycles. The molecule has 2 saturated heterocycles. The molecule has 1 aromatic rings. The first-order chi connectivity index (χ1) is 12.4. The van der Waals surface area contributed by atoms with Crippen LogP contribution in [0, 0.1) is 16.7 Å². The summed E-state index contributed by atoms with van der Waals surface area (Å²) in [5, 5.41) is 9.61. The number of likely N-dealkylation sites (tertiary alicyclic amines) is 2. The van der Waals surface area contributed by atoms with Crippen molar-refractivity contribution >= 4 is 6.03 Å². The van der Waals surface area contributed by atoms with Gasteiger partial charge in [0.15, 0.2) is 0 Å². The van der Waals surface area contributed by atoms with E-state index >= 15 is 0 Å². The van der Waals surface area contributed by atoms with E-state index in [4.69, 9.17) is 0 Å². The molecular formula is C22H29N3O. The Morgan fingerprint density at radius 1 is 1.15 bits per heavy atom. The van der Waals surface area contributed by atoms with Gasteiger partial charge in [-0.15, -0.1) is 0 Å². The molecule has 1 aromatic carbocycles. The zero-order valence-electron chi connectivity index (χ0n) is 16.2. The number of benzene rings is 1. The number of hydrogen-bond donors (Lipinski definition) is 0. The third-order valence-electron chi connectivity index (χ3n) is 7.64. The lowest BCUT2D eigenvalue weighted by atomic mass is 9.50. The number of hydrogen-bond acceptors (Lipinski definition) is 2. The molecule has 2 heterocycles. The van der Waals surface area contributed by atoms with Gasteiger partial charge in [0, 0.05) is 31.1 Å². The first kappa shape index (κ1) is 17.4. The molecule has 2 bridgehead atoms. The number of carbonyl (C=O) groups excluding carboxylic acids is 1. The maximum absolute atomic E-state index is 13.3. The van der Waals surface area contributed by atoms with Crippen LogP contribution >= 0.6 is 0 Å². The van der Waals surface area contributed by atoms with Gasteiger partial charge in [0.1, 0.15) is 0 Å². The average Bonchev–Trinajstić information content (AvgIpc) is 2.64. The van der Waals surface area contributed by atoms with Crippen LogP contribution in [0.15, 0.2) is 18.2 Å². The van der Waals surface area contributed by atoms with E-state index in [9.17, 15) is 10.1 Å². The maximum atomic E-state index is 13.3. The van der Waals surface area contributed by atoms with Crippen molar-refractivity contribution in [2.75, 3.05) is 19.6 Å². The summed E-state index contributed by atoms with van der Waals surface area (Å²) in [6, 6.07) is 8.89. The van der Waals surface area contributed by atoms with E-state index in [0.717, 1.165) is 56.4 Å². The van der Waals surface area contributed by atoms with Crippen molar-refractivity contribution in [1.29, 1.82) is 5.26 Å². The Balaban J connectivity index is 1.75. The molecule has 0 spiro atoms. The second-order valence-corrected chi connectivity index (χ2v) is 8.99. The molecule has 4 nitrogen and oxygen atoms in total. The molecule has 2 atom stereocenters. The minimum Gasteiger partial charge on any atom is -0.325 e. The summed E-state index contributed by atoms with van der Waals surface area (Å²) in [5.74, 6) is 0. The van der Waals surface area contributed by atoms with Gasteiger partial charge in [0.05, 0.1) is 11.6 Å². The molecule has 4 rings (SSSR count). The van der Waals surface area contributed by atoms with Crippen molar-refractivity contribution in [2.45, 2.75) is 64.3 Å². The summed E-state index contributed by atoms with van der Waals surface area (Å²) < 4.78 is 0. The van der Waals surface area contributed by atoms with Gasteiger partial charge >= 0.3 is 6.03 Å². The molecule has 0 unspecified atom stereocenters.